The number of hydrogen-bond donors (Lipinski definition) is 3. The summed E-state index contributed by atoms with van der Waals surface area (Å²) in [5, 5.41) is 8.66. The molecule has 0 radical (unpaired) electrons. The number of ether oxygens (including phenoxy) is 2. The van der Waals surface area contributed by atoms with Gasteiger partial charge in [-0.3, -0.25) is 4.79 Å². The molecule has 0 aliphatic carbocycles. The van der Waals surface area contributed by atoms with Crippen LogP contribution >= 0.6 is 0 Å². The Labute approximate surface area is 162 Å². The van der Waals surface area contributed by atoms with Crippen LogP contribution in [0.3, 0.4) is 0 Å². The van der Waals surface area contributed by atoms with Gasteiger partial charge in [0.25, 0.3) is 0 Å². The lowest BCUT2D eigenvalue weighted by Gasteiger charge is -2.11. The average molecular weight is 404 g/mol. The zero-order chi connectivity index (χ0) is 20.8. The van der Waals surface area contributed by atoms with Crippen LogP contribution in [0.25, 0.3) is 0 Å². The number of methoxy groups -OCH3 is 1. The summed E-state index contributed by atoms with van der Waals surface area (Å²) >= 11 is 0. The molecule has 0 saturated carbocycles. The standard InChI is InChI=1S/C18H27F3N4O3/c1-3-22-17(25-11-16(26)23-8-9-27-2)24-10-14-4-6-15(7-5-14)12-28-13-18(19,20)21/h4-7H,3,8-13H2,1-2H3,(H,23,26)(H2,22,24,25). The van der Waals surface area contributed by atoms with Gasteiger partial charge < -0.3 is 25.4 Å². The number of hydrogen-bond acceptors (Lipinski definition) is 4. The normalized spacial score (nSPS) is 12.0. The molecule has 0 aliphatic heterocycles. The van der Waals surface area contributed by atoms with Crippen molar-refractivity contribution in [1.29, 1.82) is 0 Å². The Morgan fingerprint density at radius 2 is 1.79 bits per heavy atom. The molecule has 3 N–H and O–H groups in total. The highest BCUT2D eigenvalue weighted by Crippen LogP contribution is 2.16. The summed E-state index contributed by atoms with van der Waals surface area (Å²) in [4.78, 5) is 16.1. The molecular formula is C18H27F3N4O3. The Morgan fingerprint density at radius 3 is 2.39 bits per heavy atom. The summed E-state index contributed by atoms with van der Waals surface area (Å²) in [7, 11) is 1.56. The Kier molecular flexibility index (Phi) is 11.0. The van der Waals surface area contributed by atoms with Gasteiger partial charge in [-0.25, -0.2) is 4.99 Å². The van der Waals surface area contributed by atoms with E-state index in [1.54, 1.807) is 31.4 Å². The monoisotopic (exact) mass is 404 g/mol. The molecule has 0 saturated heterocycles. The average Bonchev–Trinajstić information content (AvgIpc) is 2.64. The summed E-state index contributed by atoms with van der Waals surface area (Å²) < 4.78 is 45.7. The fourth-order valence-electron chi connectivity index (χ4n) is 2.06. The summed E-state index contributed by atoms with van der Waals surface area (Å²) in [5.74, 6) is 0.313. The maximum Gasteiger partial charge on any atom is 0.411 e. The van der Waals surface area contributed by atoms with E-state index >= 15 is 0 Å². The van der Waals surface area contributed by atoms with Crippen LogP contribution < -0.4 is 16.0 Å². The number of halogens is 3. The number of carbonyl (C=O) groups is 1. The van der Waals surface area contributed by atoms with E-state index < -0.39 is 12.8 Å². The third kappa shape index (κ3) is 11.4. The molecule has 1 amide bonds. The second-order valence-corrected chi connectivity index (χ2v) is 5.82. The fourth-order valence-corrected chi connectivity index (χ4v) is 2.06. The first-order valence-corrected chi connectivity index (χ1v) is 8.84. The number of aliphatic imine (C=N–C) groups is 1. The number of alkyl halides is 3. The number of carbonyl (C=O) groups excluding carboxylic acids is 1. The van der Waals surface area contributed by atoms with E-state index in [-0.39, 0.29) is 19.1 Å². The Hall–Kier alpha value is -2.33. The molecule has 158 valence electrons. The van der Waals surface area contributed by atoms with Crippen molar-refractivity contribution < 1.29 is 27.4 Å². The number of nitrogens with one attached hydrogen (secondary N) is 3. The van der Waals surface area contributed by atoms with Crippen LogP contribution in [-0.4, -0.2) is 58.0 Å². The van der Waals surface area contributed by atoms with E-state index in [1.807, 2.05) is 6.92 Å². The van der Waals surface area contributed by atoms with Crippen molar-refractivity contribution in [3.05, 3.63) is 35.4 Å². The SMILES string of the molecule is CCNC(=NCc1ccc(COCC(F)(F)F)cc1)NCC(=O)NCCOC. The third-order valence-corrected chi connectivity index (χ3v) is 3.37. The number of nitrogens with zero attached hydrogens (tertiary/aromatic N) is 1. The van der Waals surface area contributed by atoms with Crippen molar-refractivity contribution in [3.8, 4) is 0 Å². The zero-order valence-electron chi connectivity index (χ0n) is 16.1. The minimum atomic E-state index is -4.33. The Balaban J connectivity index is 2.47. The lowest BCUT2D eigenvalue weighted by molar-refractivity contribution is -0.176. The van der Waals surface area contributed by atoms with Gasteiger partial charge in [0.1, 0.15) is 6.61 Å². The summed E-state index contributed by atoms with van der Waals surface area (Å²) in [6, 6.07) is 6.95. The fraction of sp³-hybridized carbons (Fsp3) is 0.556. The molecule has 0 aliphatic rings. The second-order valence-electron chi connectivity index (χ2n) is 5.82. The topological polar surface area (TPSA) is 84.0 Å². The van der Waals surface area contributed by atoms with Crippen LogP contribution in [-0.2, 0) is 27.4 Å². The lowest BCUT2D eigenvalue weighted by Crippen LogP contribution is -2.43. The van der Waals surface area contributed by atoms with Gasteiger partial charge in [-0.05, 0) is 18.1 Å². The van der Waals surface area contributed by atoms with Crippen molar-refractivity contribution in [2.45, 2.75) is 26.3 Å². The number of rotatable bonds is 11. The van der Waals surface area contributed by atoms with Gasteiger partial charge in [-0.1, -0.05) is 24.3 Å². The summed E-state index contributed by atoms with van der Waals surface area (Å²) in [5.41, 5.74) is 1.52. The summed E-state index contributed by atoms with van der Waals surface area (Å²) in [6.07, 6.45) is -4.33. The molecule has 0 spiro atoms. The van der Waals surface area contributed by atoms with Gasteiger partial charge >= 0.3 is 6.18 Å². The van der Waals surface area contributed by atoms with Gasteiger partial charge in [0.15, 0.2) is 5.96 Å². The van der Waals surface area contributed by atoms with Crippen molar-refractivity contribution in [2.75, 3.05) is 40.0 Å². The van der Waals surface area contributed by atoms with Gasteiger partial charge in [0.05, 0.1) is 26.3 Å². The zero-order valence-corrected chi connectivity index (χ0v) is 16.1. The molecule has 1 aromatic carbocycles. The van der Waals surface area contributed by atoms with Crippen LogP contribution in [0.15, 0.2) is 29.3 Å². The molecule has 0 fully saturated rings. The predicted molar refractivity (Wildman–Crippen MR) is 99.9 cm³/mol. The molecule has 0 bridgehead atoms. The van der Waals surface area contributed by atoms with Gasteiger partial charge in [0, 0.05) is 20.2 Å². The molecule has 28 heavy (non-hydrogen) atoms. The smallest absolute Gasteiger partial charge is 0.383 e. The predicted octanol–water partition coefficient (Wildman–Crippen LogP) is 1.58. The Bertz CT molecular complexity index is 607. The second kappa shape index (κ2) is 12.9. The first kappa shape index (κ1) is 23.7. The van der Waals surface area contributed by atoms with Crippen LogP contribution in [0.4, 0.5) is 13.2 Å². The van der Waals surface area contributed by atoms with E-state index in [0.717, 1.165) is 5.56 Å². The molecule has 10 heteroatoms. The first-order chi connectivity index (χ1) is 13.3. The molecule has 0 atom stereocenters. The van der Waals surface area contributed by atoms with Crippen molar-refractivity contribution >= 4 is 11.9 Å². The number of guanidine groups is 1. The first-order valence-electron chi connectivity index (χ1n) is 8.84. The quantitative estimate of drug-likeness (QED) is 0.296. The van der Waals surface area contributed by atoms with Crippen LogP contribution in [0.2, 0.25) is 0 Å². The van der Waals surface area contributed by atoms with Gasteiger partial charge in [-0.2, -0.15) is 13.2 Å². The molecule has 0 aromatic heterocycles. The highest BCUT2D eigenvalue weighted by molar-refractivity contribution is 5.86. The molecule has 0 heterocycles. The number of benzene rings is 1. The van der Waals surface area contributed by atoms with E-state index in [1.165, 1.54) is 0 Å². The highest BCUT2D eigenvalue weighted by Gasteiger charge is 2.27. The largest absolute Gasteiger partial charge is 0.411 e. The van der Waals surface area contributed by atoms with Crippen LogP contribution in [0, 0.1) is 0 Å². The maximum atomic E-state index is 12.1. The van der Waals surface area contributed by atoms with Crippen LogP contribution in [0.5, 0.6) is 0 Å². The third-order valence-electron chi connectivity index (χ3n) is 3.37. The maximum absolute atomic E-state index is 12.1. The van der Waals surface area contributed by atoms with E-state index in [4.69, 9.17) is 4.74 Å². The Morgan fingerprint density at radius 1 is 1.11 bits per heavy atom. The number of amides is 1. The lowest BCUT2D eigenvalue weighted by atomic mass is 10.1. The summed E-state index contributed by atoms with van der Waals surface area (Å²) in [6.45, 7) is 2.47. The van der Waals surface area contributed by atoms with E-state index in [9.17, 15) is 18.0 Å². The van der Waals surface area contributed by atoms with Crippen molar-refractivity contribution in [2.24, 2.45) is 4.99 Å². The highest BCUT2D eigenvalue weighted by atomic mass is 19.4. The van der Waals surface area contributed by atoms with Gasteiger partial charge in [0.2, 0.25) is 5.91 Å². The minimum absolute atomic E-state index is 0.0744. The van der Waals surface area contributed by atoms with Gasteiger partial charge in [-0.15, -0.1) is 0 Å². The minimum Gasteiger partial charge on any atom is -0.383 e. The molecule has 7 nitrogen and oxygen atoms in total. The van der Waals surface area contributed by atoms with Crippen molar-refractivity contribution in [3.63, 3.8) is 0 Å². The molecule has 0 unspecified atom stereocenters. The molecule has 1 aromatic rings. The van der Waals surface area contributed by atoms with E-state index in [0.29, 0.717) is 37.8 Å². The van der Waals surface area contributed by atoms with Crippen molar-refractivity contribution in [1.82, 2.24) is 16.0 Å². The van der Waals surface area contributed by atoms with E-state index in [2.05, 4.69) is 25.7 Å². The van der Waals surface area contributed by atoms with Crippen LogP contribution in [0.1, 0.15) is 18.1 Å². The molecular weight excluding hydrogens is 377 g/mol. The molecule has 1 rings (SSSR count).